The third-order valence-corrected chi connectivity index (χ3v) is 8.23. The number of carbonyl (C=O) groups is 2. The zero-order chi connectivity index (χ0) is 28.4. The van der Waals surface area contributed by atoms with Crippen LogP contribution in [0.5, 0.6) is 5.75 Å². The molecule has 3 aromatic rings. The number of likely N-dealkylation sites (N-methyl/N-ethyl adjacent to an activating group) is 1. The standard InChI is InChI=1S/C30H37N3O5S/c1-5-28(30(35)31-4)32(21-20-24-10-8-7-9-11-24)29(34)22-33(25-14-12-23(3)13-15-25)39(36,37)27-18-16-26(17-19-27)38-6-2/h7-19,28H,5-6,20-22H2,1-4H3,(H,31,35). The summed E-state index contributed by atoms with van der Waals surface area (Å²) < 4.78 is 34.3. The zero-order valence-corrected chi connectivity index (χ0v) is 23.8. The molecule has 1 unspecified atom stereocenters. The number of nitrogens with one attached hydrogen (secondary N) is 1. The summed E-state index contributed by atoms with van der Waals surface area (Å²) in [5.41, 5.74) is 2.33. The van der Waals surface area contributed by atoms with Crippen LogP contribution in [0.4, 0.5) is 5.69 Å². The number of anilines is 1. The minimum Gasteiger partial charge on any atom is -0.494 e. The average Bonchev–Trinajstić information content (AvgIpc) is 2.95. The first-order chi connectivity index (χ1) is 18.7. The normalized spacial score (nSPS) is 11.9. The van der Waals surface area contributed by atoms with E-state index in [1.165, 1.54) is 24.1 Å². The van der Waals surface area contributed by atoms with E-state index < -0.39 is 28.5 Å². The molecule has 2 amide bonds. The molecule has 0 saturated heterocycles. The van der Waals surface area contributed by atoms with Crippen LogP contribution < -0.4 is 14.4 Å². The maximum Gasteiger partial charge on any atom is 0.264 e. The fourth-order valence-electron chi connectivity index (χ4n) is 4.30. The molecule has 39 heavy (non-hydrogen) atoms. The van der Waals surface area contributed by atoms with Gasteiger partial charge in [0.15, 0.2) is 0 Å². The highest BCUT2D eigenvalue weighted by molar-refractivity contribution is 7.92. The van der Waals surface area contributed by atoms with Gasteiger partial charge in [-0.1, -0.05) is 55.0 Å². The van der Waals surface area contributed by atoms with Crippen molar-refractivity contribution in [1.29, 1.82) is 0 Å². The second-order valence-corrected chi connectivity index (χ2v) is 11.0. The SMILES string of the molecule is CCOc1ccc(S(=O)(=O)N(CC(=O)N(CCc2ccccc2)C(CC)C(=O)NC)c2ccc(C)cc2)cc1. The highest BCUT2D eigenvalue weighted by Crippen LogP contribution is 2.26. The second kappa shape index (κ2) is 13.8. The molecule has 8 nitrogen and oxygen atoms in total. The van der Waals surface area contributed by atoms with Crippen LogP contribution in [0.1, 0.15) is 31.4 Å². The summed E-state index contributed by atoms with van der Waals surface area (Å²) in [6.45, 7) is 5.85. The van der Waals surface area contributed by atoms with E-state index in [1.54, 1.807) is 36.4 Å². The summed E-state index contributed by atoms with van der Waals surface area (Å²) in [5.74, 6) is -0.204. The molecule has 0 fully saturated rings. The van der Waals surface area contributed by atoms with E-state index in [2.05, 4.69) is 5.32 Å². The van der Waals surface area contributed by atoms with E-state index in [9.17, 15) is 18.0 Å². The van der Waals surface area contributed by atoms with E-state index in [4.69, 9.17) is 4.74 Å². The van der Waals surface area contributed by atoms with E-state index in [-0.39, 0.29) is 17.3 Å². The van der Waals surface area contributed by atoms with Gasteiger partial charge in [0.05, 0.1) is 17.2 Å². The van der Waals surface area contributed by atoms with Gasteiger partial charge in [0.1, 0.15) is 18.3 Å². The first-order valence-electron chi connectivity index (χ1n) is 13.1. The molecule has 0 aliphatic carbocycles. The number of benzene rings is 3. The number of amides is 2. The van der Waals surface area contributed by atoms with Crippen molar-refractivity contribution in [2.45, 2.75) is 44.6 Å². The molecule has 1 N–H and O–H groups in total. The third kappa shape index (κ3) is 7.60. The van der Waals surface area contributed by atoms with Crippen LogP contribution in [0.3, 0.4) is 0 Å². The lowest BCUT2D eigenvalue weighted by Gasteiger charge is -2.33. The number of hydrogen-bond acceptors (Lipinski definition) is 5. The lowest BCUT2D eigenvalue weighted by atomic mass is 10.1. The fraction of sp³-hybridized carbons (Fsp3) is 0.333. The second-order valence-electron chi connectivity index (χ2n) is 9.11. The number of ether oxygens (including phenoxy) is 1. The van der Waals surface area contributed by atoms with Crippen molar-refractivity contribution in [2.24, 2.45) is 0 Å². The van der Waals surface area contributed by atoms with Gasteiger partial charge in [-0.15, -0.1) is 0 Å². The summed E-state index contributed by atoms with van der Waals surface area (Å²) in [4.78, 5) is 28.1. The molecule has 9 heteroatoms. The molecule has 0 aliphatic heterocycles. The van der Waals surface area contributed by atoms with Crippen LogP contribution in [0.15, 0.2) is 83.8 Å². The molecule has 208 valence electrons. The van der Waals surface area contributed by atoms with Crippen LogP contribution in [-0.2, 0) is 26.0 Å². The van der Waals surface area contributed by atoms with Crippen LogP contribution in [0.2, 0.25) is 0 Å². The average molecular weight is 552 g/mol. The highest BCUT2D eigenvalue weighted by atomic mass is 32.2. The van der Waals surface area contributed by atoms with Crippen LogP contribution >= 0.6 is 0 Å². The van der Waals surface area contributed by atoms with Crippen molar-refractivity contribution >= 4 is 27.5 Å². The molecule has 0 heterocycles. The van der Waals surface area contributed by atoms with Crippen molar-refractivity contribution in [2.75, 3.05) is 31.0 Å². The number of aryl methyl sites for hydroxylation is 1. The molecule has 0 aromatic heterocycles. The van der Waals surface area contributed by atoms with E-state index in [0.717, 1.165) is 15.4 Å². The van der Waals surface area contributed by atoms with Crippen LogP contribution in [0.25, 0.3) is 0 Å². The van der Waals surface area contributed by atoms with Crippen molar-refractivity contribution in [3.05, 3.63) is 90.0 Å². The Labute approximate surface area is 231 Å². The minimum atomic E-state index is -4.12. The van der Waals surface area contributed by atoms with E-state index in [0.29, 0.717) is 30.9 Å². The Hall–Kier alpha value is -3.85. The molecule has 3 aromatic carbocycles. The Morgan fingerprint density at radius 1 is 0.923 bits per heavy atom. The van der Waals surface area contributed by atoms with Crippen LogP contribution in [-0.4, -0.2) is 57.9 Å². The van der Waals surface area contributed by atoms with Gasteiger partial charge < -0.3 is 15.0 Å². The first-order valence-corrected chi connectivity index (χ1v) is 14.5. The molecule has 0 saturated carbocycles. The summed E-state index contributed by atoms with van der Waals surface area (Å²) in [6.07, 6.45) is 0.909. The Bertz CT molecular complexity index is 1330. The van der Waals surface area contributed by atoms with Gasteiger partial charge in [-0.25, -0.2) is 8.42 Å². The predicted molar refractivity (Wildman–Crippen MR) is 153 cm³/mol. The van der Waals surface area contributed by atoms with Gasteiger partial charge in [-0.05, 0) is 68.7 Å². The summed E-state index contributed by atoms with van der Waals surface area (Å²) in [5, 5.41) is 2.64. The third-order valence-electron chi connectivity index (χ3n) is 6.44. The van der Waals surface area contributed by atoms with E-state index >= 15 is 0 Å². The van der Waals surface area contributed by atoms with Crippen molar-refractivity contribution in [3.63, 3.8) is 0 Å². The minimum absolute atomic E-state index is 0.0357. The molecule has 3 rings (SSSR count). The Balaban J connectivity index is 1.99. The van der Waals surface area contributed by atoms with Crippen molar-refractivity contribution < 1.29 is 22.7 Å². The first kappa shape index (κ1) is 29.7. The lowest BCUT2D eigenvalue weighted by Crippen LogP contribution is -2.52. The van der Waals surface area contributed by atoms with Gasteiger partial charge >= 0.3 is 0 Å². The molecule has 0 aliphatic rings. The Kier molecular flexibility index (Phi) is 10.5. The molecular weight excluding hydrogens is 514 g/mol. The number of nitrogens with zero attached hydrogens (tertiary/aromatic N) is 2. The summed E-state index contributed by atoms with van der Waals surface area (Å²) in [6, 6.07) is 22.0. The van der Waals surface area contributed by atoms with Gasteiger partial charge in [0.2, 0.25) is 11.8 Å². The summed E-state index contributed by atoms with van der Waals surface area (Å²) >= 11 is 0. The van der Waals surface area contributed by atoms with E-state index in [1.807, 2.05) is 51.1 Å². The topological polar surface area (TPSA) is 96.0 Å². The van der Waals surface area contributed by atoms with Gasteiger partial charge in [0, 0.05) is 13.6 Å². The van der Waals surface area contributed by atoms with Gasteiger partial charge in [-0.3, -0.25) is 13.9 Å². The number of sulfonamides is 1. The van der Waals surface area contributed by atoms with Gasteiger partial charge in [-0.2, -0.15) is 0 Å². The van der Waals surface area contributed by atoms with Crippen molar-refractivity contribution in [3.8, 4) is 5.75 Å². The largest absolute Gasteiger partial charge is 0.494 e. The fourth-order valence-corrected chi connectivity index (χ4v) is 5.72. The van der Waals surface area contributed by atoms with Crippen LogP contribution in [0, 0.1) is 6.92 Å². The molecular formula is C30H37N3O5S. The summed E-state index contributed by atoms with van der Waals surface area (Å²) in [7, 11) is -2.60. The molecule has 0 spiro atoms. The highest BCUT2D eigenvalue weighted by Gasteiger charge is 2.33. The smallest absolute Gasteiger partial charge is 0.264 e. The molecule has 0 radical (unpaired) electrons. The Morgan fingerprint density at radius 3 is 2.13 bits per heavy atom. The monoisotopic (exact) mass is 551 g/mol. The predicted octanol–water partition coefficient (Wildman–Crippen LogP) is 4.18. The number of carbonyl (C=O) groups excluding carboxylic acids is 2. The Morgan fingerprint density at radius 2 is 1.56 bits per heavy atom. The number of hydrogen-bond donors (Lipinski definition) is 1. The molecule has 1 atom stereocenters. The zero-order valence-electron chi connectivity index (χ0n) is 23.0. The van der Waals surface area contributed by atoms with Gasteiger partial charge in [0.25, 0.3) is 10.0 Å². The lowest BCUT2D eigenvalue weighted by molar-refractivity contribution is -0.139. The maximum atomic E-state index is 13.9. The van der Waals surface area contributed by atoms with Crippen molar-refractivity contribution in [1.82, 2.24) is 10.2 Å². The quantitative estimate of drug-likeness (QED) is 0.344. The maximum absolute atomic E-state index is 13.9. The number of rotatable bonds is 13. The molecule has 0 bridgehead atoms.